The summed E-state index contributed by atoms with van der Waals surface area (Å²) in [7, 11) is 5.45. The number of nitrogens with two attached hydrogens (primary N) is 1. The first-order chi connectivity index (χ1) is 11.0. The number of hydrogen-bond donors (Lipinski definition) is 2. The van der Waals surface area contributed by atoms with Crippen LogP contribution in [0, 0.1) is 0 Å². The fourth-order valence-electron chi connectivity index (χ4n) is 1.90. The molecule has 0 aliphatic carbocycles. The molecule has 1 aromatic heterocycles. The first-order valence-corrected chi connectivity index (χ1v) is 7.41. The van der Waals surface area contributed by atoms with Crippen LogP contribution in [0.25, 0.3) is 0 Å². The highest BCUT2D eigenvalue weighted by Gasteiger charge is 2.03. The fraction of sp³-hybridized carbons (Fsp3) is 0.250. The normalized spacial score (nSPS) is 10.8. The molecule has 8 heteroatoms. The van der Waals surface area contributed by atoms with Gasteiger partial charge in [-0.1, -0.05) is 17.7 Å². The van der Waals surface area contributed by atoms with E-state index in [0.717, 1.165) is 17.2 Å². The molecular weight excluding hydrogens is 441 g/mol. The Balaban J connectivity index is 0.00000288. The molecule has 0 saturated carbocycles. The van der Waals surface area contributed by atoms with Gasteiger partial charge in [0.15, 0.2) is 5.96 Å². The van der Waals surface area contributed by atoms with E-state index in [2.05, 4.69) is 15.3 Å². The number of halogens is 2. The molecular formula is C16H21ClIN5O. The van der Waals surface area contributed by atoms with Crippen molar-refractivity contribution in [2.75, 3.05) is 31.4 Å². The van der Waals surface area contributed by atoms with Gasteiger partial charge in [0.25, 0.3) is 0 Å². The zero-order valence-electron chi connectivity index (χ0n) is 13.8. The van der Waals surface area contributed by atoms with E-state index in [9.17, 15) is 0 Å². The smallest absolute Gasteiger partial charge is 0.193 e. The number of benzene rings is 1. The Labute approximate surface area is 164 Å². The van der Waals surface area contributed by atoms with Gasteiger partial charge in [-0.25, -0.2) is 9.98 Å². The maximum atomic E-state index is 6.07. The summed E-state index contributed by atoms with van der Waals surface area (Å²) in [4.78, 5) is 10.7. The lowest BCUT2D eigenvalue weighted by atomic mass is 10.3. The van der Waals surface area contributed by atoms with Crippen molar-refractivity contribution in [1.29, 1.82) is 0 Å². The molecule has 0 amide bonds. The third-order valence-electron chi connectivity index (χ3n) is 3.09. The van der Waals surface area contributed by atoms with E-state index >= 15 is 0 Å². The molecule has 0 aliphatic rings. The number of aromatic nitrogens is 1. The van der Waals surface area contributed by atoms with Crippen molar-refractivity contribution in [3.05, 3.63) is 47.1 Å². The van der Waals surface area contributed by atoms with Crippen LogP contribution < -0.4 is 20.7 Å². The lowest BCUT2D eigenvalue weighted by molar-refractivity contribution is 0.415. The molecule has 130 valence electrons. The summed E-state index contributed by atoms with van der Waals surface area (Å²) in [5, 5.41) is 3.50. The van der Waals surface area contributed by atoms with Crippen molar-refractivity contribution in [2.45, 2.75) is 6.54 Å². The first-order valence-electron chi connectivity index (χ1n) is 7.03. The number of hydrogen-bond acceptors (Lipinski definition) is 4. The molecule has 0 spiro atoms. The molecule has 3 N–H and O–H groups in total. The Hall–Kier alpha value is -1.74. The number of rotatable bonds is 5. The van der Waals surface area contributed by atoms with E-state index < -0.39 is 0 Å². The van der Waals surface area contributed by atoms with Gasteiger partial charge in [-0.05, 0) is 30.3 Å². The monoisotopic (exact) mass is 461 g/mol. The maximum Gasteiger partial charge on any atom is 0.193 e. The highest BCUT2D eigenvalue weighted by Crippen LogP contribution is 2.27. The molecule has 0 unspecified atom stereocenters. The number of nitrogens with one attached hydrogen (secondary N) is 1. The summed E-state index contributed by atoms with van der Waals surface area (Å²) in [5.74, 6) is 1.78. The topological polar surface area (TPSA) is 75.8 Å². The second-order valence-electron chi connectivity index (χ2n) is 5.06. The van der Waals surface area contributed by atoms with Crippen molar-refractivity contribution in [3.8, 4) is 5.75 Å². The Morgan fingerprint density at radius 1 is 1.33 bits per heavy atom. The molecule has 0 fully saturated rings. The van der Waals surface area contributed by atoms with Crippen LogP contribution in [0.2, 0.25) is 5.02 Å². The second kappa shape index (κ2) is 9.53. The minimum absolute atomic E-state index is 0. The summed E-state index contributed by atoms with van der Waals surface area (Å²) in [5.41, 5.74) is 7.48. The Morgan fingerprint density at radius 3 is 2.71 bits per heavy atom. The summed E-state index contributed by atoms with van der Waals surface area (Å²) in [6.07, 6.45) is 0. The molecule has 2 rings (SSSR count). The number of anilines is 2. The van der Waals surface area contributed by atoms with Crippen LogP contribution in [0.4, 0.5) is 11.5 Å². The van der Waals surface area contributed by atoms with Crippen LogP contribution in [0.1, 0.15) is 5.69 Å². The van der Waals surface area contributed by atoms with Crippen LogP contribution in [-0.2, 0) is 6.54 Å². The van der Waals surface area contributed by atoms with Gasteiger partial charge in [0.1, 0.15) is 11.6 Å². The van der Waals surface area contributed by atoms with Crippen LogP contribution in [-0.4, -0.2) is 32.1 Å². The number of ether oxygens (including phenoxy) is 1. The Bertz CT molecular complexity index is 709. The van der Waals surface area contributed by atoms with Crippen molar-refractivity contribution in [1.82, 2.24) is 4.98 Å². The van der Waals surface area contributed by atoms with E-state index in [1.54, 1.807) is 19.2 Å². The minimum atomic E-state index is 0. The van der Waals surface area contributed by atoms with Crippen molar-refractivity contribution in [3.63, 3.8) is 0 Å². The van der Waals surface area contributed by atoms with Gasteiger partial charge in [-0.15, -0.1) is 24.0 Å². The SMILES string of the molecule is COc1ccc(NC(N)=NCc2cccc(N(C)C)n2)cc1Cl.I. The number of guanidine groups is 1. The summed E-state index contributed by atoms with van der Waals surface area (Å²) in [6, 6.07) is 11.1. The summed E-state index contributed by atoms with van der Waals surface area (Å²) >= 11 is 6.07. The molecule has 24 heavy (non-hydrogen) atoms. The number of nitrogens with zero attached hydrogens (tertiary/aromatic N) is 3. The van der Waals surface area contributed by atoms with E-state index in [-0.39, 0.29) is 24.0 Å². The van der Waals surface area contributed by atoms with Gasteiger partial charge in [-0.3, -0.25) is 0 Å². The summed E-state index contributed by atoms with van der Waals surface area (Å²) < 4.78 is 5.11. The van der Waals surface area contributed by atoms with Gasteiger partial charge in [0.2, 0.25) is 0 Å². The maximum absolute atomic E-state index is 6.07. The van der Waals surface area contributed by atoms with E-state index in [1.807, 2.05) is 43.3 Å². The second-order valence-corrected chi connectivity index (χ2v) is 5.46. The molecule has 0 radical (unpaired) electrons. The fourth-order valence-corrected chi connectivity index (χ4v) is 2.16. The van der Waals surface area contributed by atoms with E-state index in [1.165, 1.54) is 0 Å². The first kappa shape index (κ1) is 20.3. The molecule has 0 atom stereocenters. The van der Waals surface area contributed by atoms with Crippen LogP contribution in [0.5, 0.6) is 5.75 Å². The lowest BCUT2D eigenvalue weighted by Gasteiger charge is -2.11. The molecule has 6 nitrogen and oxygen atoms in total. The third kappa shape index (κ3) is 5.72. The standard InChI is InChI=1S/C16H20ClN5O.HI/c1-22(2)15-6-4-5-12(20-15)10-19-16(18)21-11-7-8-14(23-3)13(17)9-11;/h4-9H,10H2,1-3H3,(H3,18,19,21);1H. The van der Waals surface area contributed by atoms with Gasteiger partial charge >= 0.3 is 0 Å². The predicted octanol–water partition coefficient (Wildman–Crippen LogP) is 3.35. The highest BCUT2D eigenvalue weighted by molar-refractivity contribution is 14.0. The number of pyridine rings is 1. The average molecular weight is 462 g/mol. The third-order valence-corrected chi connectivity index (χ3v) is 3.38. The molecule has 1 heterocycles. The van der Waals surface area contributed by atoms with Gasteiger partial charge in [0, 0.05) is 19.8 Å². The van der Waals surface area contributed by atoms with Crippen LogP contribution in [0.3, 0.4) is 0 Å². The van der Waals surface area contributed by atoms with Crippen molar-refractivity contribution in [2.24, 2.45) is 10.7 Å². The zero-order chi connectivity index (χ0) is 16.8. The van der Waals surface area contributed by atoms with E-state index in [0.29, 0.717) is 23.3 Å². The molecule has 0 saturated heterocycles. The Morgan fingerprint density at radius 2 is 2.08 bits per heavy atom. The molecule has 1 aromatic carbocycles. The van der Waals surface area contributed by atoms with E-state index in [4.69, 9.17) is 22.1 Å². The Kier molecular flexibility index (Phi) is 8.06. The highest BCUT2D eigenvalue weighted by atomic mass is 127. The minimum Gasteiger partial charge on any atom is -0.495 e. The molecule has 0 aliphatic heterocycles. The molecule has 0 bridgehead atoms. The van der Waals surface area contributed by atoms with Crippen LogP contribution in [0.15, 0.2) is 41.4 Å². The summed E-state index contributed by atoms with van der Waals surface area (Å²) in [6.45, 7) is 0.393. The van der Waals surface area contributed by atoms with Crippen LogP contribution >= 0.6 is 35.6 Å². The quantitative estimate of drug-likeness (QED) is 0.406. The van der Waals surface area contributed by atoms with Crippen molar-refractivity contribution >= 4 is 53.0 Å². The number of methoxy groups -OCH3 is 1. The average Bonchev–Trinajstić information content (AvgIpc) is 2.53. The zero-order valence-corrected chi connectivity index (χ0v) is 16.9. The number of aliphatic imine (C=N–C) groups is 1. The largest absolute Gasteiger partial charge is 0.495 e. The van der Waals surface area contributed by atoms with Gasteiger partial charge in [0.05, 0.1) is 24.4 Å². The lowest BCUT2D eigenvalue weighted by Crippen LogP contribution is -2.22. The van der Waals surface area contributed by atoms with Gasteiger partial charge in [-0.2, -0.15) is 0 Å². The molecule has 2 aromatic rings. The predicted molar refractivity (Wildman–Crippen MR) is 111 cm³/mol. The van der Waals surface area contributed by atoms with Crippen molar-refractivity contribution < 1.29 is 4.74 Å². The van der Waals surface area contributed by atoms with Gasteiger partial charge < -0.3 is 20.7 Å².